The average molecular weight is 280 g/mol. The maximum Gasteiger partial charge on any atom is 0.243 e. The Hall–Kier alpha value is -1.12. The number of carbonyl (C=O) groups is 1. The van der Waals surface area contributed by atoms with Gasteiger partial charge in [-0.3, -0.25) is 9.69 Å². The summed E-state index contributed by atoms with van der Waals surface area (Å²) in [6.45, 7) is 9.25. The van der Waals surface area contributed by atoms with E-state index in [2.05, 4.69) is 30.0 Å². The lowest BCUT2D eigenvalue weighted by Gasteiger charge is -2.38. The first-order valence-electron chi connectivity index (χ1n) is 7.56. The normalized spacial score (nSPS) is 17.3. The van der Waals surface area contributed by atoms with Crippen molar-refractivity contribution in [3.63, 3.8) is 0 Å². The van der Waals surface area contributed by atoms with Crippen LogP contribution < -0.4 is 0 Å². The maximum absolute atomic E-state index is 12.6. The second kappa shape index (κ2) is 7.61. The van der Waals surface area contributed by atoms with Gasteiger partial charge in [0.05, 0.1) is 6.07 Å². The number of amides is 1. The highest BCUT2D eigenvalue weighted by Gasteiger charge is 2.39. The van der Waals surface area contributed by atoms with Crippen molar-refractivity contribution in [3.8, 4) is 6.07 Å². The van der Waals surface area contributed by atoms with E-state index in [1.54, 1.807) is 0 Å². The quantitative estimate of drug-likeness (QED) is 0.729. The lowest BCUT2D eigenvalue weighted by atomic mass is 9.82. The number of hydrogen-bond donors (Lipinski definition) is 0. The number of carbonyl (C=O) groups excluding carboxylic acids is 1. The van der Waals surface area contributed by atoms with Crippen LogP contribution in [-0.4, -0.2) is 74.0 Å². The van der Waals surface area contributed by atoms with E-state index in [4.69, 9.17) is 0 Å². The summed E-state index contributed by atoms with van der Waals surface area (Å²) < 4.78 is 0. The van der Waals surface area contributed by atoms with Crippen molar-refractivity contribution in [3.05, 3.63) is 0 Å². The van der Waals surface area contributed by atoms with Gasteiger partial charge in [0, 0.05) is 39.3 Å². The zero-order chi connectivity index (χ0) is 15.2. The Bertz CT molecular complexity index is 349. The minimum Gasteiger partial charge on any atom is -0.339 e. The number of hydrogen-bond acceptors (Lipinski definition) is 4. The smallest absolute Gasteiger partial charge is 0.243 e. The first kappa shape index (κ1) is 16.9. The molecule has 0 atom stereocenters. The maximum atomic E-state index is 12.6. The molecule has 0 N–H and O–H groups in total. The van der Waals surface area contributed by atoms with Crippen molar-refractivity contribution in [2.75, 3.05) is 53.4 Å². The topological polar surface area (TPSA) is 50.6 Å². The molecule has 1 aliphatic heterocycles. The molecule has 0 aromatic carbocycles. The van der Waals surface area contributed by atoms with Crippen LogP contribution in [-0.2, 0) is 4.79 Å². The molecule has 114 valence electrons. The van der Waals surface area contributed by atoms with E-state index < -0.39 is 5.41 Å². The molecular formula is C15H28N4O. The number of piperazine rings is 1. The van der Waals surface area contributed by atoms with Crippen molar-refractivity contribution in [2.45, 2.75) is 26.7 Å². The molecule has 1 amide bonds. The Morgan fingerprint density at radius 1 is 1.20 bits per heavy atom. The fourth-order valence-corrected chi connectivity index (χ4v) is 2.58. The SMILES string of the molecule is CCC(C#N)(CC)C(=O)N1CCN(CCN(C)C)CC1. The zero-order valence-corrected chi connectivity index (χ0v) is 13.4. The van der Waals surface area contributed by atoms with E-state index in [0.717, 1.165) is 39.3 Å². The number of nitriles is 1. The molecule has 1 rings (SSSR count). The van der Waals surface area contributed by atoms with Gasteiger partial charge in [-0.05, 0) is 26.9 Å². The fraction of sp³-hybridized carbons (Fsp3) is 0.867. The summed E-state index contributed by atoms with van der Waals surface area (Å²) in [5.41, 5.74) is -0.814. The summed E-state index contributed by atoms with van der Waals surface area (Å²) in [6.07, 6.45) is 1.19. The zero-order valence-electron chi connectivity index (χ0n) is 13.4. The van der Waals surface area contributed by atoms with Crippen LogP contribution in [0.4, 0.5) is 0 Å². The molecule has 0 aliphatic carbocycles. The molecule has 0 radical (unpaired) electrons. The molecule has 20 heavy (non-hydrogen) atoms. The van der Waals surface area contributed by atoms with Gasteiger partial charge in [0.25, 0.3) is 0 Å². The van der Waals surface area contributed by atoms with Gasteiger partial charge < -0.3 is 9.80 Å². The third kappa shape index (κ3) is 3.94. The fourth-order valence-electron chi connectivity index (χ4n) is 2.58. The second-order valence-corrected chi connectivity index (χ2v) is 5.84. The highest BCUT2D eigenvalue weighted by atomic mass is 16.2. The molecule has 5 heteroatoms. The van der Waals surface area contributed by atoms with Crippen LogP contribution in [0.25, 0.3) is 0 Å². The Kier molecular flexibility index (Phi) is 6.44. The first-order chi connectivity index (χ1) is 9.49. The Morgan fingerprint density at radius 2 is 1.75 bits per heavy atom. The number of nitrogens with zero attached hydrogens (tertiary/aromatic N) is 4. The third-order valence-electron chi connectivity index (χ3n) is 4.35. The average Bonchev–Trinajstić information content (AvgIpc) is 2.48. The van der Waals surface area contributed by atoms with Gasteiger partial charge in [0.2, 0.25) is 5.91 Å². The summed E-state index contributed by atoms with van der Waals surface area (Å²) >= 11 is 0. The van der Waals surface area contributed by atoms with Gasteiger partial charge >= 0.3 is 0 Å². The molecule has 0 unspecified atom stereocenters. The van der Waals surface area contributed by atoms with E-state index >= 15 is 0 Å². The number of rotatable bonds is 6. The highest BCUT2D eigenvalue weighted by molar-refractivity contribution is 5.85. The molecule has 0 aromatic heterocycles. The lowest BCUT2D eigenvalue weighted by Crippen LogP contribution is -2.53. The van der Waals surface area contributed by atoms with Crippen LogP contribution in [0.1, 0.15) is 26.7 Å². The lowest BCUT2D eigenvalue weighted by molar-refractivity contribution is -0.141. The van der Waals surface area contributed by atoms with Crippen molar-refractivity contribution >= 4 is 5.91 Å². The molecule has 1 saturated heterocycles. The van der Waals surface area contributed by atoms with E-state index in [9.17, 15) is 10.1 Å². The van der Waals surface area contributed by atoms with Crippen LogP contribution >= 0.6 is 0 Å². The van der Waals surface area contributed by atoms with Gasteiger partial charge in [-0.25, -0.2) is 0 Å². The molecule has 0 bridgehead atoms. The van der Waals surface area contributed by atoms with E-state index in [0.29, 0.717) is 12.8 Å². The van der Waals surface area contributed by atoms with Gasteiger partial charge in [0.15, 0.2) is 0 Å². The van der Waals surface area contributed by atoms with Crippen LogP contribution in [0.15, 0.2) is 0 Å². The largest absolute Gasteiger partial charge is 0.339 e. The molecule has 1 aliphatic rings. The summed E-state index contributed by atoms with van der Waals surface area (Å²) in [5.74, 6) is 0.0252. The molecular weight excluding hydrogens is 252 g/mol. The van der Waals surface area contributed by atoms with E-state index in [-0.39, 0.29) is 5.91 Å². The van der Waals surface area contributed by atoms with E-state index in [1.807, 2.05) is 18.7 Å². The molecule has 0 aromatic rings. The van der Waals surface area contributed by atoms with Gasteiger partial charge in [0.1, 0.15) is 5.41 Å². The summed E-state index contributed by atoms with van der Waals surface area (Å²) in [7, 11) is 4.15. The summed E-state index contributed by atoms with van der Waals surface area (Å²) in [6, 6.07) is 2.25. The van der Waals surface area contributed by atoms with Crippen molar-refractivity contribution in [1.82, 2.24) is 14.7 Å². The van der Waals surface area contributed by atoms with Gasteiger partial charge in [-0.15, -0.1) is 0 Å². The predicted octanol–water partition coefficient (Wildman–Crippen LogP) is 1.02. The van der Waals surface area contributed by atoms with Gasteiger partial charge in [-0.2, -0.15) is 5.26 Å². The standard InChI is InChI=1S/C15H28N4O/c1-5-15(6-2,13-16)14(20)19-11-9-18(10-12-19)8-7-17(3)4/h5-12H2,1-4H3. The monoisotopic (exact) mass is 280 g/mol. The number of likely N-dealkylation sites (N-methyl/N-ethyl adjacent to an activating group) is 1. The predicted molar refractivity (Wildman–Crippen MR) is 80.2 cm³/mol. The molecule has 0 saturated carbocycles. The minimum atomic E-state index is -0.814. The van der Waals surface area contributed by atoms with Gasteiger partial charge in [-0.1, -0.05) is 13.8 Å². The third-order valence-corrected chi connectivity index (χ3v) is 4.35. The Labute approximate surface area is 123 Å². The molecule has 1 fully saturated rings. The van der Waals surface area contributed by atoms with Crippen molar-refractivity contribution < 1.29 is 4.79 Å². The highest BCUT2D eigenvalue weighted by Crippen LogP contribution is 2.28. The Balaban J connectivity index is 2.53. The summed E-state index contributed by atoms with van der Waals surface area (Å²) in [5, 5.41) is 9.36. The second-order valence-electron chi connectivity index (χ2n) is 5.84. The first-order valence-corrected chi connectivity index (χ1v) is 7.56. The molecule has 1 heterocycles. The van der Waals surface area contributed by atoms with Crippen LogP contribution in [0.2, 0.25) is 0 Å². The summed E-state index contributed by atoms with van der Waals surface area (Å²) in [4.78, 5) is 19.0. The Morgan fingerprint density at radius 3 is 2.15 bits per heavy atom. The van der Waals surface area contributed by atoms with Crippen LogP contribution in [0.5, 0.6) is 0 Å². The van der Waals surface area contributed by atoms with Crippen molar-refractivity contribution in [1.29, 1.82) is 5.26 Å². The van der Waals surface area contributed by atoms with Crippen molar-refractivity contribution in [2.24, 2.45) is 5.41 Å². The molecule has 0 spiro atoms. The van der Waals surface area contributed by atoms with Crippen LogP contribution in [0.3, 0.4) is 0 Å². The van der Waals surface area contributed by atoms with E-state index in [1.165, 1.54) is 0 Å². The molecule has 5 nitrogen and oxygen atoms in total. The minimum absolute atomic E-state index is 0.0252. The van der Waals surface area contributed by atoms with Crippen LogP contribution in [0, 0.1) is 16.7 Å².